The van der Waals surface area contributed by atoms with Crippen molar-refractivity contribution in [2.75, 3.05) is 0 Å². The average Bonchev–Trinajstić information content (AvgIpc) is 2.33. The fourth-order valence-corrected chi connectivity index (χ4v) is 1.99. The third kappa shape index (κ3) is 3.22. The molecule has 0 bridgehead atoms. The number of carbonyl (C=O) groups excluding carboxylic acids is 1. The molecule has 1 aliphatic carbocycles. The first-order chi connectivity index (χ1) is 8.09. The molecule has 0 aliphatic heterocycles. The van der Waals surface area contributed by atoms with Gasteiger partial charge in [-0.05, 0) is 18.4 Å². The van der Waals surface area contributed by atoms with Gasteiger partial charge in [-0.15, -0.1) is 0 Å². The summed E-state index contributed by atoms with van der Waals surface area (Å²) in [4.78, 5) is 10.5. The molecule has 0 atom stereocenters. The number of halogens is 2. The molecule has 1 fully saturated rings. The minimum absolute atomic E-state index is 0.0503. The van der Waals surface area contributed by atoms with Gasteiger partial charge in [-0.25, -0.2) is 8.78 Å². The van der Waals surface area contributed by atoms with Crippen molar-refractivity contribution in [1.82, 2.24) is 0 Å². The molecule has 0 N–H and O–H groups in total. The van der Waals surface area contributed by atoms with Crippen LogP contribution in [-0.2, 0) is 0 Å². The summed E-state index contributed by atoms with van der Waals surface area (Å²) in [6.45, 7) is 0. The molecule has 2 rings (SSSR count). The molecule has 1 aliphatic rings. The second kappa shape index (κ2) is 4.78. The lowest BCUT2D eigenvalue weighted by Crippen LogP contribution is -2.20. The molecule has 0 aromatic heterocycles. The maximum absolute atomic E-state index is 12.9. The summed E-state index contributed by atoms with van der Waals surface area (Å²) in [6.07, 6.45) is 3.56. The maximum Gasteiger partial charge on any atom is 0.248 e. The molecule has 90 valence electrons. The fraction of sp³-hybridized carbons (Fsp3) is 0.357. The standard InChI is InChI=1S/C14H14F2O/c15-14(16)7-5-12(6-8-14)9-11-1-3-13(10-17)4-2-11/h1-4,9-10H,5-8H2. The summed E-state index contributed by atoms with van der Waals surface area (Å²) in [5.74, 6) is -2.49. The van der Waals surface area contributed by atoms with Crippen LogP contribution in [0.3, 0.4) is 0 Å². The third-order valence-corrected chi connectivity index (χ3v) is 3.07. The summed E-state index contributed by atoms with van der Waals surface area (Å²) in [6, 6.07) is 7.14. The smallest absolute Gasteiger partial charge is 0.248 e. The fourth-order valence-electron chi connectivity index (χ4n) is 1.99. The van der Waals surface area contributed by atoms with E-state index in [0.29, 0.717) is 18.4 Å². The highest BCUT2D eigenvalue weighted by atomic mass is 19.3. The van der Waals surface area contributed by atoms with Crippen molar-refractivity contribution in [2.24, 2.45) is 0 Å². The van der Waals surface area contributed by atoms with Gasteiger partial charge < -0.3 is 0 Å². The molecule has 3 heteroatoms. The number of aldehydes is 1. The Hall–Kier alpha value is -1.51. The van der Waals surface area contributed by atoms with Gasteiger partial charge in [0.15, 0.2) is 0 Å². The van der Waals surface area contributed by atoms with Crippen molar-refractivity contribution in [2.45, 2.75) is 31.6 Å². The van der Waals surface area contributed by atoms with E-state index in [1.807, 2.05) is 18.2 Å². The molecule has 0 spiro atoms. The van der Waals surface area contributed by atoms with Crippen LogP contribution in [0, 0.1) is 0 Å². The van der Waals surface area contributed by atoms with Gasteiger partial charge in [0, 0.05) is 18.4 Å². The van der Waals surface area contributed by atoms with Crippen molar-refractivity contribution in [3.63, 3.8) is 0 Å². The molecule has 0 unspecified atom stereocenters. The molecule has 1 saturated carbocycles. The second-order valence-electron chi connectivity index (χ2n) is 4.44. The normalized spacial score (nSPS) is 18.8. The highest BCUT2D eigenvalue weighted by Gasteiger charge is 2.32. The topological polar surface area (TPSA) is 17.1 Å². The molecular formula is C14H14F2O. The van der Waals surface area contributed by atoms with Gasteiger partial charge in [0.25, 0.3) is 0 Å². The molecule has 0 saturated heterocycles. The number of benzene rings is 1. The number of rotatable bonds is 2. The Bertz CT molecular complexity index is 420. The van der Waals surface area contributed by atoms with E-state index in [4.69, 9.17) is 0 Å². The van der Waals surface area contributed by atoms with Crippen molar-refractivity contribution >= 4 is 12.4 Å². The van der Waals surface area contributed by atoms with Gasteiger partial charge in [0.2, 0.25) is 5.92 Å². The Labute approximate surface area is 99.1 Å². The number of hydrogen-bond donors (Lipinski definition) is 0. The van der Waals surface area contributed by atoms with E-state index >= 15 is 0 Å². The van der Waals surface area contributed by atoms with Crippen LogP contribution in [0.1, 0.15) is 41.6 Å². The predicted molar refractivity (Wildman–Crippen MR) is 63.2 cm³/mol. The van der Waals surface area contributed by atoms with Gasteiger partial charge in [0.05, 0.1) is 0 Å². The Morgan fingerprint density at radius 3 is 2.06 bits per heavy atom. The van der Waals surface area contributed by atoms with E-state index in [9.17, 15) is 13.6 Å². The average molecular weight is 236 g/mol. The molecular weight excluding hydrogens is 222 g/mol. The lowest BCUT2D eigenvalue weighted by atomic mass is 9.90. The van der Waals surface area contributed by atoms with Crippen LogP contribution in [0.25, 0.3) is 6.08 Å². The van der Waals surface area contributed by atoms with E-state index in [1.54, 1.807) is 12.1 Å². The first-order valence-electron chi connectivity index (χ1n) is 5.72. The van der Waals surface area contributed by atoms with Crippen LogP contribution in [0.15, 0.2) is 29.8 Å². The molecule has 0 radical (unpaired) electrons. The predicted octanol–water partition coefficient (Wildman–Crippen LogP) is 4.09. The van der Waals surface area contributed by atoms with Gasteiger partial charge in [-0.2, -0.15) is 0 Å². The Morgan fingerprint density at radius 2 is 1.53 bits per heavy atom. The number of carbonyl (C=O) groups is 1. The summed E-state index contributed by atoms with van der Waals surface area (Å²) in [5.41, 5.74) is 2.66. The summed E-state index contributed by atoms with van der Waals surface area (Å²) in [7, 11) is 0. The van der Waals surface area contributed by atoms with Crippen LogP contribution < -0.4 is 0 Å². The van der Waals surface area contributed by atoms with E-state index in [0.717, 1.165) is 17.4 Å². The Kier molecular flexibility index (Phi) is 3.36. The van der Waals surface area contributed by atoms with Crippen molar-refractivity contribution in [3.8, 4) is 0 Å². The zero-order chi connectivity index (χ0) is 12.3. The molecule has 1 nitrogen and oxygen atoms in total. The lowest BCUT2D eigenvalue weighted by Gasteiger charge is -2.23. The number of allylic oxidation sites excluding steroid dienone is 1. The van der Waals surface area contributed by atoms with E-state index < -0.39 is 5.92 Å². The van der Waals surface area contributed by atoms with Gasteiger partial charge in [-0.1, -0.05) is 35.9 Å². The van der Waals surface area contributed by atoms with Crippen molar-refractivity contribution < 1.29 is 13.6 Å². The molecule has 1 aromatic rings. The minimum atomic E-state index is -2.49. The first-order valence-corrected chi connectivity index (χ1v) is 5.72. The second-order valence-corrected chi connectivity index (χ2v) is 4.44. The first kappa shape index (κ1) is 12.0. The summed E-state index contributed by atoms with van der Waals surface area (Å²) < 4.78 is 25.9. The molecule has 17 heavy (non-hydrogen) atoms. The molecule has 0 heterocycles. The maximum atomic E-state index is 12.9. The zero-order valence-electron chi connectivity index (χ0n) is 9.46. The Balaban J connectivity index is 2.06. The van der Waals surface area contributed by atoms with Crippen LogP contribution >= 0.6 is 0 Å². The SMILES string of the molecule is O=Cc1ccc(C=C2CCC(F)(F)CC2)cc1. The van der Waals surface area contributed by atoms with E-state index in [1.165, 1.54) is 0 Å². The van der Waals surface area contributed by atoms with Crippen LogP contribution in [0.5, 0.6) is 0 Å². The van der Waals surface area contributed by atoms with Crippen molar-refractivity contribution in [1.29, 1.82) is 0 Å². The monoisotopic (exact) mass is 236 g/mol. The molecule has 1 aromatic carbocycles. The zero-order valence-corrected chi connectivity index (χ0v) is 9.46. The number of hydrogen-bond acceptors (Lipinski definition) is 1. The number of alkyl halides is 2. The highest BCUT2D eigenvalue weighted by Crippen LogP contribution is 2.36. The third-order valence-electron chi connectivity index (χ3n) is 3.07. The quantitative estimate of drug-likeness (QED) is 0.707. The van der Waals surface area contributed by atoms with E-state index in [2.05, 4.69) is 0 Å². The van der Waals surface area contributed by atoms with E-state index in [-0.39, 0.29) is 12.8 Å². The van der Waals surface area contributed by atoms with Crippen LogP contribution in [0.2, 0.25) is 0 Å². The Morgan fingerprint density at radius 1 is 1.00 bits per heavy atom. The van der Waals surface area contributed by atoms with Gasteiger partial charge >= 0.3 is 0 Å². The summed E-state index contributed by atoms with van der Waals surface area (Å²) >= 11 is 0. The van der Waals surface area contributed by atoms with Crippen LogP contribution in [-0.4, -0.2) is 12.2 Å². The lowest BCUT2D eigenvalue weighted by molar-refractivity contribution is -0.0243. The molecule has 0 amide bonds. The summed E-state index contributed by atoms with van der Waals surface area (Å²) in [5, 5.41) is 0. The van der Waals surface area contributed by atoms with Gasteiger partial charge in [0.1, 0.15) is 6.29 Å². The van der Waals surface area contributed by atoms with Crippen molar-refractivity contribution in [3.05, 3.63) is 41.0 Å². The minimum Gasteiger partial charge on any atom is -0.298 e. The van der Waals surface area contributed by atoms with Gasteiger partial charge in [-0.3, -0.25) is 4.79 Å². The van der Waals surface area contributed by atoms with Crippen LogP contribution in [0.4, 0.5) is 8.78 Å². The largest absolute Gasteiger partial charge is 0.298 e. The highest BCUT2D eigenvalue weighted by molar-refractivity contribution is 5.75.